The van der Waals surface area contributed by atoms with Crippen molar-refractivity contribution in [2.75, 3.05) is 16.8 Å². The lowest BCUT2D eigenvalue weighted by Crippen LogP contribution is -2.31. The van der Waals surface area contributed by atoms with E-state index in [-0.39, 0.29) is 5.91 Å². The largest absolute Gasteiger partial charge is 0.339 e. The number of benzene rings is 2. The highest BCUT2D eigenvalue weighted by molar-refractivity contribution is 6.04. The molecule has 5 nitrogen and oxygen atoms in total. The van der Waals surface area contributed by atoms with Crippen molar-refractivity contribution in [3.8, 4) is 0 Å². The monoisotopic (exact) mass is 360 g/mol. The predicted octanol–water partition coefficient (Wildman–Crippen LogP) is 4.76. The lowest BCUT2D eigenvalue weighted by Gasteiger charge is -2.21. The highest BCUT2D eigenvalue weighted by Crippen LogP contribution is 2.19. The Bertz CT molecular complexity index is 904. The van der Waals surface area contributed by atoms with E-state index in [1.165, 1.54) is 11.8 Å². The minimum atomic E-state index is -0.158. The lowest BCUT2D eigenvalue weighted by molar-refractivity contribution is 0.0983. The maximum atomic E-state index is 12.8. The van der Waals surface area contributed by atoms with Crippen LogP contribution in [0.3, 0.4) is 0 Å². The van der Waals surface area contributed by atoms with Crippen LogP contribution >= 0.6 is 0 Å². The molecule has 0 saturated carbocycles. The zero-order valence-electron chi connectivity index (χ0n) is 15.9. The Balaban J connectivity index is 1.74. The summed E-state index contributed by atoms with van der Waals surface area (Å²) in [7, 11) is 0. The molecule has 0 fully saturated rings. The number of hydrogen-bond donors (Lipinski definition) is 1. The summed E-state index contributed by atoms with van der Waals surface area (Å²) in [5.74, 6) is 0.448. The zero-order chi connectivity index (χ0) is 19.2. The Kier molecular flexibility index (Phi) is 5.81. The van der Waals surface area contributed by atoms with Gasteiger partial charge in [-0.2, -0.15) is 0 Å². The Hall–Kier alpha value is -3.21. The number of hydrogen-bond acceptors (Lipinski definition) is 4. The molecule has 3 aromatic rings. The van der Waals surface area contributed by atoms with Crippen LogP contribution in [0.1, 0.15) is 35.5 Å². The van der Waals surface area contributed by atoms with Gasteiger partial charge in [-0.25, -0.2) is 9.97 Å². The Morgan fingerprint density at radius 3 is 2.41 bits per heavy atom. The van der Waals surface area contributed by atoms with Crippen LogP contribution in [0.5, 0.6) is 0 Å². The van der Waals surface area contributed by atoms with Gasteiger partial charge in [-0.1, -0.05) is 31.2 Å². The number of nitrogens with zero attached hydrogens (tertiary/aromatic N) is 3. The fraction of sp³-hybridized carbons (Fsp3) is 0.227. The standard InChI is InChI=1S/C22H24N4O/c1-4-17-9-11-18(12-10-17)25-21-15-23-20(14-24-21)22(27)26(5-2)19-8-6-7-16(3)13-19/h6-15H,4-5H2,1-3H3,(H,24,25). The number of carbonyl (C=O) groups is 1. The van der Waals surface area contributed by atoms with Gasteiger partial charge in [0.05, 0.1) is 12.4 Å². The van der Waals surface area contributed by atoms with Crippen molar-refractivity contribution < 1.29 is 4.79 Å². The Labute approximate surface area is 160 Å². The van der Waals surface area contributed by atoms with E-state index in [2.05, 4.69) is 34.3 Å². The maximum absolute atomic E-state index is 12.8. The van der Waals surface area contributed by atoms with Gasteiger partial charge in [0.2, 0.25) is 0 Å². The highest BCUT2D eigenvalue weighted by atomic mass is 16.2. The second-order valence-electron chi connectivity index (χ2n) is 6.35. The molecule has 27 heavy (non-hydrogen) atoms. The first-order valence-electron chi connectivity index (χ1n) is 9.17. The first kappa shape index (κ1) is 18.6. The number of aromatic nitrogens is 2. The maximum Gasteiger partial charge on any atom is 0.278 e. The van der Waals surface area contributed by atoms with Crippen molar-refractivity contribution in [2.24, 2.45) is 0 Å². The smallest absolute Gasteiger partial charge is 0.278 e. The minimum absolute atomic E-state index is 0.158. The van der Waals surface area contributed by atoms with E-state index >= 15 is 0 Å². The molecular weight excluding hydrogens is 336 g/mol. The molecule has 0 aliphatic heterocycles. The van der Waals surface area contributed by atoms with Crippen LogP contribution in [0, 0.1) is 6.92 Å². The number of amides is 1. The molecule has 1 heterocycles. The Morgan fingerprint density at radius 1 is 1.04 bits per heavy atom. The molecule has 0 aliphatic rings. The van der Waals surface area contributed by atoms with Crippen LogP contribution in [0.4, 0.5) is 17.2 Å². The summed E-state index contributed by atoms with van der Waals surface area (Å²) < 4.78 is 0. The normalized spacial score (nSPS) is 10.5. The average molecular weight is 360 g/mol. The summed E-state index contributed by atoms with van der Waals surface area (Å²) in [4.78, 5) is 23.2. The minimum Gasteiger partial charge on any atom is -0.339 e. The number of carbonyl (C=O) groups excluding carboxylic acids is 1. The third-order valence-electron chi connectivity index (χ3n) is 4.38. The van der Waals surface area contributed by atoms with Crippen molar-refractivity contribution >= 4 is 23.1 Å². The molecule has 0 bridgehead atoms. The van der Waals surface area contributed by atoms with Crippen LogP contribution in [-0.2, 0) is 6.42 Å². The molecule has 5 heteroatoms. The van der Waals surface area contributed by atoms with Gasteiger partial charge >= 0.3 is 0 Å². The van der Waals surface area contributed by atoms with Gasteiger partial charge in [0, 0.05) is 17.9 Å². The first-order valence-corrected chi connectivity index (χ1v) is 9.17. The summed E-state index contributed by atoms with van der Waals surface area (Å²) in [5, 5.41) is 3.21. The van der Waals surface area contributed by atoms with E-state index in [9.17, 15) is 4.79 Å². The quantitative estimate of drug-likeness (QED) is 0.689. The zero-order valence-corrected chi connectivity index (χ0v) is 15.9. The van der Waals surface area contributed by atoms with Crippen molar-refractivity contribution in [3.05, 3.63) is 77.7 Å². The summed E-state index contributed by atoms with van der Waals surface area (Å²) in [6.07, 6.45) is 4.11. The third-order valence-corrected chi connectivity index (χ3v) is 4.38. The van der Waals surface area contributed by atoms with Crippen LogP contribution < -0.4 is 10.2 Å². The molecule has 0 aliphatic carbocycles. The number of nitrogens with one attached hydrogen (secondary N) is 1. The van der Waals surface area contributed by atoms with E-state index < -0.39 is 0 Å². The number of rotatable bonds is 6. The van der Waals surface area contributed by atoms with E-state index in [1.807, 2.05) is 50.2 Å². The first-order chi connectivity index (χ1) is 13.1. The molecule has 1 aromatic heterocycles. The van der Waals surface area contributed by atoms with Gasteiger partial charge in [0.15, 0.2) is 0 Å². The van der Waals surface area contributed by atoms with Crippen molar-refractivity contribution in [2.45, 2.75) is 27.2 Å². The second-order valence-corrected chi connectivity index (χ2v) is 6.35. The molecule has 0 saturated heterocycles. The van der Waals surface area contributed by atoms with Crippen LogP contribution in [0.25, 0.3) is 0 Å². The molecule has 1 N–H and O–H groups in total. The molecule has 0 atom stereocenters. The van der Waals surface area contributed by atoms with E-state index in [1.54, 1.807) is 11.1 Å². The van der Waals surface area contributed by atoms with Crippen LogP contribution in [0.2, 0.25) is 0 Å². The average Bonchev–Trinajstić information content (AvgIpc) is 2.70. The van der Waals surface area contributed by atoms with E-state index in [0.29, 0.717) is 18.1 Å². The molecule has 0 unspecified atom stereocenters. The van der Waals surface area contributed by atoms with Crippen LogP contribution in [-0.4, -0.2) is 22.4 Å². The number of anilines is 3. The Morgan fingerprint density at radius 2 is 1.81 bits per heavy atom. The molecule has 0 radical (unpaired) electrons. The van der Waals surface area contributed by atoms with Gasteiger partial charge in [-0.15, -0.1) is 0 Å². The molecule has 0 spiro atoms. The van der Waals surface area contributed by atoms with Gasteiger partial charge < -0.3 is 10.2 Å². The molecule has 2 aromatic carbocycles. The molecule has 138 valence electrons. The summed E-state index contributed by atoms with van der Waals surface area (Å²) >= 11 is 0. The van der Waals surface area contributed by atoms with Gasteiger partial charge in [0.1, 0.15) is 11.5 Å². The molecule has 3 rings (SSSR count). The van der Waals surface area contributed by atoms with E-state index in [0.717, 1.165) is 23.4 Å². The van der Waals surface area contributed by atoms with Crippen molar-refractivity contribution in [1.29, 1.82) is 0 Å². The topological polar surface area (TPSA) is 58.1 Å². The van der Waals surface area contributed by atoms with Crippen molar-refractivity contribution in [1.82, 2.24) is 9.97 Å². The molecule has 1 amide bonds. The third kappa shape index (κ3) is 4.50. The molecular formula is C22H24N4O. The highest BCUT2D eigenvalue weighted by Gasteiger charge is 2.18. The van der Waals surface area contributed by atoms with Gasteiger partial charge in [-0.05, 0) is 55.7 Å². The summed E-state index contributed by atoms with van der Waals surface area (Å²) in [6.45, 7) is 6.65. The SMILES string of the molecule is CCc1ccc(Nc2cnc(C(=O)N(CC)c3cccc(C)c3)cn2)cc1. The second kappa shape index (κ2) is 8.45. The lowest BCUT2D eigenvalue weighted by atomic mass is 10.1. The van der Waals surface area contributed by atoms with Gasteiger partial charge in [0.25, 0.3) is 5.91 Å². The fourth-order valence-corrected chi connectivity index (χ4v) is 2.85. The summed E-state index contributed by atoms with van der Waals surface area (Å²) in [6, 6.07) is 16.1. The van der Waals surface area contributed by atoms with Gasteiger partial charge in [-0.3, -0.25) is 4.79 Å². The number of aryl methyl sites for hydroxylation is 2. The summed E-state index contributed by atoms with van der Waals surface area (Å²) in [5.41, 5.74) is 4.52. The fourth-order valence-electron chi connectivity index (χ4n) is 2.85. The van der Waals surface area contributed by atoms with E-state index in [4.69, 9.17) is 0 Å². The van der Waals surface area contributed by atoms with Crippen molar-refractivity contribution in [3.63, 3.8) is 0 Å². The van der Waals surface area contributed by atoms with Crippen LogP contribution in [0.15, 0.2) is 60.9 Å². The predicted molar refractivity (Wildman–Crippen MR) is 110 cm³/mol.